The Morgan fingerprint density at radius 1 is 1.24 bits per heavy atom. The molecule has 0 spiro atoms. The minimum Gasteiger partial charge on any atom is -0.497 e. The van der Waals surface area contributed by atoms with Crippen molar-refractivity contribution in [3.8, 4) is 5.75 Å². The average Bonchev–Trinajstić information content (AvgIpc) is 2.41. The van der Waals surface area contributed by atoms with E-state index in [0.29, 0.717) is 5.41 Å². The summed E-state index contributed by atoms with van der Waals surface area (Å²) in [6.45, 7) is 2.96. The van der Waals surface area contributed by atoms with Crippen LogP contribution in [0.1, 0.15) is 18.4 Å². The first-order valence-electron chi connectivity index (χ1n) is 6.32. The van der Waals surface area contributed by atoms with Crippen molar-refractivity contribution in [2.24, 2.45) is 11.1 Å². The highest BCUT2D eigenvalue weighted by atomic mass is 16.5. The molecule has 94 valence electrons. The summed E-state index contributed by atoms with van der Waals surface area (Å²) in [5.41, 5.74) is 7.64. The third-order valence-electron chi connectivity index (χ3n) is 3.84. The summed E-state index contributed by atoms with van der Waals surface area (Å²) in [7, 11) is 1.70. The van der Waals surface area contributed by atoms with E-state index in [2.05, 4.69) is 17.4 Å². The maximum atomic E-state index is 5.99. The Morgan fingerprint density at radius 2 is 1.88 bits per heavy atom. The van der Waals surface area contributed by atoms with Gasteiger partial charge in [0, 0.05) is 0 Å². The fourth-order valence-electron chi connectivity index (χ4n) is 2.59. The number of ether oxygens (including phenoxy) is 1. The van der Waals surface area contributed by atoms with Crippen LogP contribution in [0.15, 0.2) is 24.3 Å². The van der Waals surface area contributed by atoms with Crippen LogP contribution < -0.4 is 15.8 Å². The number of rotatable bonds is 4. The first-order chi connectivity index (χ1) is 8.28. The van der Waals surface area contributed by atoms with E-state index in [0.717, 1.165) is 31.8 Å². The summed E-state index contributed by atoms with van der Waals surface area (Å²) in [6.07, 6.45) is 3.43. The van der Waals surface area contributed by atoms with E-state index in [-0.39, 0.29) is 0 Å². The van der Waals surface area contributed by atoms with Crippen molar-refractivity contribution >= 4 is 0 Å². The maximum Gasteiger partial charge on any atom is 0.118 e. The van der Waals surface area contributed by atoms with Crippen molar-refractivity contribution < 1.29 is 4.74 Å². The molecule has 1 saturated heterocycles. The quantitative estimate of drug-likeness (QED) is 0.831. The standard InChI is InChI=1S/C14H22N2O/c1-17-13-4-2-12(3-5-13)10-14(11-15)6-8-16-9-7-14/h2-5,16H,6-11,15H2,1H3. The molecule has 3 heteroatoms. The predicted molar refractivity (Wildman–Crippen MR) is 70.3 cm³/mol. The van der Waals surface area contributed by atoms with Gasteiger partial charge >= 0.3 is 0 Å². The molecule has 1 aliphatic rings. The molecular weight excluding hydrogens is 212 g/mol. The Bertz CT molecular complexity index is 342. The summed E-state index contributed by atoms with van der Waals surface area (Å²) < 4.78 is 5.18. The molecule has 1 fully saturated rings. The first kappa shape index (κ1) is 12.4. The van der Waals surface area contributed by atoms with E-state index in [9.17, 15) is 0 Å². The molecule has 1 aromatic carbocycles. The molecule has 0 atom stereocenters. The molecule has 1 heterocycles. The topological polar surface area (TPSA) is 47.3 Å². The van der Waals surface area contributed by atoms with Gasteiger partial charge in [-0.25, -0.2) is 0 Å². The van der Waals surface area contributed by atoms with Crippen LogP contribution >= 0.6 is 0 Å². The second kappa shape index (κ2) is 5.52. The molecule has 0 amide bonds. The van der Waals surface area contributed by atoms with Gasteiger partial charge in [0.05, 0.1) is 7.11 Å². The number of benzene rings is 1. The lowest BCUT2D eigenvalue weighted by Gasteiger charge is -2.36. The smallest absolute Gasteiger partial charge is 0.118 e. The number of piperidine rings is 1. The van der Waals surface area contributed by atoms with Gasteiger partial charge < -0.3 is 15.8 Å². The molecule has 3 N–H and O–H groups in total. The predicted octanol–water partition coefficient (Wildman–Crippen LogP) is 1.57. The summed E-state index contributed by atoms with van der Waals surface area (Å²) in [6, 6.07) is 8.36. The van der Waals surface area contributed by atoms with E-state index >= 15 is 0 Å². The zero-order valence-electron chi connectivity index (χ0n) is 10.5. The second-order valence-corrected chi connectivity index (χ2v) is 4.98. The van der Waals surface area contributed by atoms with Crippen LogP contribution in [0.4, 0.5) is 0 Å². The van der Waals surface area contributed by atoms with Crippen LogP contribution in [0.25, 0.3) is 0 Å². The van der Waals surface area contributed by atoms with E-state index < -0.39 is 0 Å². The van der Waals surface area contributed by atoms with Crippen molar-refractivity contribution in [3.63, 3.8) is 0 Å². The maximum absolute atomic E-state index is 5.99. The monoisotopic (exact) mass is 234 g/mol. The van der Waals surface area contributed by atoms with Gasteiger partial charge in [0.2, 0.25) is 0 Å². The van der Waals surface area contributed by atoms with Gasteiger partial charge in [-0.15, -0.1) is 0 Å². The highest BCUT2D eigenvalue weighted by Crippen LogP contribution is 2.32. The Kier molecular flexibility index (Phi) is 4.02. The third-order valence-corrected chi connectivity index (χ3v) is 3.84. The van der Waals surface area contributed by atoms with Gasteiger partial charge in [0.15, 0.2) is 0 Å². The summed E-state index contributed by atoms with van der Waals surface area (Å²) in [5, 5.41) is 3.40. The van der Waals surface area contributed by atoms with Crippen LogP contribution in [0, 0.1) is 5.41 Å². The summed E-state index contributed by atoms with van der Waals surface area (Å²) in [5.74, 6) is 0.917. The minimum absolute atomic E-state index is 0.292. The van der Waals surface area contributed by atoms with Gasteiger partial charge in [-0.05, 0) is 62.0 Å². The molecule has 1 aliphatic heterocycles. The average molecular weight is 234 g/mol. The molecule has 2 rings (SSSR count). The molecule has 1 aromatic rings. The molecule has 0 radical (unpaired) electrons. The Balaban J connectivity index is 2.06. The fraction of sp³-hybridized carbons (Fsp3) is 0.571. The van der Waals surface area contributed by atoms with E-state index in [1.165, 1.54) is 18.4 Å². The van der Waals surface area contributed by atoms with E-state index in [1.807, 2.05) is 12.1 Å². The van der Waals surface area contributed by atoms with Crippen molar-refractivity contribution in [1.82, 2.24) is 5.32 Å². The van der Waals surface area contributed by atoms with Crippen LogP contribution in [0.2, 0.25) is 0 Å². The minimum atomic E-state index is 0.292. The highest BCUT2D eigenvalue weighted by molar-refractivity contribution is 5.28. The molecule has 0 saturated carbocycles. The lowest BCUT2D eigenvalue weighted by Crippen LogP contribution is -2.43. The van der Waals surface area contributed by atoms with Gasteiger partial charge in [-0.3, -0.25) is 0 Å². The van der Waals surface area contributed by atoms with Crippen molar-refractivity contribution in [2.45, 2.75) is 19.3 Å². The van der Waals surface area contributed by atoms with Crippen LogP contribution in [0.5, 0.6) is 5.75 Å². The van der Waals surface area contributed by atoms with Gasteiger partial charge in [0.25, 0.3) is 0 Å². The van der Waals surface area contributed by atoms with Crippen molar-refractivity contribution in [2.75, 3.05) is 26.7 Å². The molecule has 0 aliphatic carbocycles. The molecule has 3 nitrogen and oxygen atoms in total. The molecule has 0 unspecified atom stereocenters. The number of nitrogens with two attached hydrogens (primary N) is 1. The van der Waals surface area contributed by atoms with Crippen LogP contribution in [-0.4, -0.2) is 26.7 Å². The van der Waals surface area contributed by atoms with E-state index in [1.54, 1.807) is 7.11 Å². The Hall–Kier alpha value is -1.06. The lowest BCUT2D eigenvalue weighted by molar-refractivity contribution is 0.210. The fourth-order valence-corrected chi connectivity index (χ4v) is 2.59. The number of nitrogens with one attached hydrogen (secondary N) is 1. The largest absolute Gasteiger partial charge is 0.497 e. The number of hydrogen-bond donors (Lipinski definition) is 2. The number of hydrogen-bond acceptors (Lipinski definition) is 3. The zero-order chi connectivity index (χ0) is 12.1. The normalized spacial score (nSPS) is 18.9. The van der Waals surface area contributed by atoms with Gasteiger partial charge in [-0.2, -0.15) is 0 Å². The second-order valence-electron chi connectivity index (χ2n) is 4.98. The van der Waals surface area contributed by atoms with Crippen molar-refractivity contribution in [3.05, 3.63) is 29.8 Å². The van der Waals surface area contributed by atoms with Crippen LogP contribution in [-0.2, 0) is 6.42 Å². The SMILES string of the molecule is COc1ccc(CC2(CN)CCNCC2)cc1. The summed E-state index contributed by atoms with van der Waals surface area (Å²) in [4.78, 5) is 0. The zero-order valence-corrected chi connectivity index (χ0v) is 10.5. The third kappa shape index (κ3) is 2.99. The Morgan fingerprint density at radius 3 is 2.41 bits per heavy atom. The molecule has 0 bridgehead atoms. The van der Waals surface area contributed by atoms with E-state index in [4.69, 9.17) is 10.5 Å². The first-order valence-corrected chi connectivity index (χ1v) is 6.32. The molecular formula is C14H22N2O. The number of methoxy groups -OCH3 is 1. The van der Waals surface area contributed by atoms with Crippen LogP contribution in [0.3, 0.4) is 0 Å². The highest BCUT2D eigenvalue weighted by Gasteiger charge is 2.30. The lowest BCUT2D eigenvalue weighted by atomic mass is 9.74. The Labute approximate surface area is 103 Å². The van der Waals surface area contributed by atoms with Gasteiger partial charge in [-0.1, -0.05) is 12.1 Å². The molecule has 17 heavy (non-hydrogen) atoms. The van der Waals surface area contributed by atoms with Crippen molar-refractivity contribution in [1.29, 1.82) is 0 Å². The van der Waals surface area contributed by atoms with Gasteiger partial charge in [0.1, 0.15) is 5.75 Å². The summed E-state index contributed by atoms with van der Waals surface area (Å²) >= 11 is 0. The molecule has 0 aromatic heterocycles.